The molecule has 0 aromatic heterocycles. The molecule has 1 aliphatic carbocycles. The average Bonchev–Trinajstić information content (AvgIpc) is 2.28. The van der Waals surface area contributed by atoms with E-state index in [0.717, 1.165) is 30.4 Å². The van der Waals surface area contributed by atoms with E-state index in [9.17, 15) is 0 Å². The van der Waals surface area contributed by atoms with E-state index < -0.39 is 0 Å². The highest BCUT2D eigenvalue weighted by Gasteiger charge is 2.11. The van der Waals surface area contributed by atoms with Crippen molar-refractivity contribution in [3.05, 3.63) is 53.6 Å². The predicted molar refractivity (Wildman–Crippen MR) is 62.3 cm³/mol. The van der Waals surface area contributed by atoms with Gasteiger partial charge in [-0.1, -0.05) is 30.4 Å². The molecule has 2 rings (SSSR count). The second-order valence-corrected chi connectivity index (χ2v) is 3.75. The molecular weight excluding hydrogens is 182 g/mol. The molecule has 1 nitrogen and oxygen atoms in total. The van der Waals surface area contributed by atoms with Gasteiger partial charge < -0.3 is 0 Å². The molecule has 0 heterocycles. The molecular formula is C14H13N. The number of aryl methyl sites for hydroxylation is 1. The minimum absolute atomic E-state index is 0.821. The van der Waals surface area contributed by atoms with Crippen LogP contribution in [0.25, 0.3) is 5.57 Å². The number of hydrogen-bond donors (Lipinski definition) is 0. The summed E-state index contributed by atoms with van der Waals surface area (Å²) in [6.45, 7) is 3.74. The molecule has 1 aliphatic rings. The van der Waals surface area contributed by atoms with E-state index in [4.69, 9.17) is 5.26 Å². The summed E-state index contributed by atoms with van der Waals surface area (Å²) in [6.07, 6.45) is 6.86. The molecule has 74 valence electrons. The predicted octanol–water partition coefficient (Wildman–Crippen LogP) is 3.27. The van der Waals surface area contributed by atoms with E-state index in [1.807, 2.05) is 12.2 Å². The van der Waals surface area contributed by atoms with Gasteiger partial charge in [-0.2, -0.15) is 5.26 Å². The van der Waals surface area contributed by atoms with Crippen LogP contribution in [-0.2, 0) is 12.8 Å². The Balaban J connectivity index is 2.43. The first kappa shape index (κ1) is 9.73. The van der Waals surface area contributed by atoms with Gasteiger partial charge in [0.15, 0.2) is 0 Å². The average molecular weight is 195 g/mol. The third-order valence-corrected chi connectivity index (χ3v) is 2.72. The highest BCUT2D eigenvalue weighted by molar-refractivity contribution is 5.80. The molecule has 0 saturated carbocycles. The third-order valence-electron chi connectivity index (χ3n) is 2.72. The van der Waals surface area contributed by atoms with Gasteiger partial charge in [-0.15, -0.1) is 6.58 Å². The lowest BCUT2D eigenvalue weighted by Crippen LogP contribution is -1.99. The molecule has 0 saturated heterocycles. The molecule has 0 unspecified atom stereocenters. The topological polar surface area (TPSA) is 23.8 Å². The normalized spacial score (nSPS) is 13.7. The summed E-state index contributed by atoms with van der Waals surface area (Å²) < 4.78 is 0. The van der Waals surface area contributed by atoms with Gasteiger partial charge in [0.05, 0.1) is 11.6 Å². The lowest BCUT2D eigenvalue weighted by Gasteiger charge is -2.14. The summed E-state index contributed by atoms with van der Waals surface area (Å²) in [5, 5.41) is 8.98. The number of allylic oxidation sites excluding steroid dienone is 3. The second kappa shape index (κ2) is 4.14. The van der Waals surface area contributed by atoms with Crippen LogP contribution in [0.4, 0.5) is 0 Å². The van der Waals surface area contributed by atoms with E-state index >= 15 is 0 Å². The van der Waals surface area contributed by atoms with Gasteiger partial charge in [0.1, 0.15) is 0 Å². The minimum Gasteiger partial charge on any atom is -0.192 e. The second-order valence-electron chi connectivity index (χ2n) is 3.75. The minimum atomic E-state index is 0.821. The fourth-order valence-corrected chi connectivity index (χ4v) is 2.00. The molecule has 1 aromatic rings. The molecule has 1 aromatic carbocycles. The standard InChI is InChI=1S/C14H13N/c1-2-4-11-7-8-14-12(9-11)5-3-6-13(14)10-15/h2,6-9H,1,3-5H2. The van der Waals surface area contributed by atoms with Crippen LogP contribution in [-0.4, -0.2) is 0 Å². The largest absolute Gasteiger partial charge is 0.192 e. The number of nitrogens with zero attached hydrogens (tertiary/aromatic N) is 1. The molecule has 0 N–H and O–H groups in total. The molecule has 15 heavy (non-hydrogen) atoms. The summed E-state index contributed by atoms with van der Waals surface area (Å²) in [6, 6.07) is 8.59. The summed E-state index contributed by atoms with van der Waals surface area (Å²) in [5.74, 6) is 0. The Labute approximate surface area is 90.4 Å². The number of fused-ring (bicyclic) bond motifs is 1. The van der Waals surface area contributed by atoms with E-state index in [2.05, 4.69) is 30.8 Å². The highest BCUT2D eigenvalue weighted by Crippen LogP contribution is 2.26. The zero-order valence-electron chi connectivity index (χ0n) is 8.66. The van der Waals surface area contributed by atoms with Gasteiger partial charge in [0, 0.05) is 0 Å². The summed E-state index contributed by atoms with van der Waals surface area (Å²) in [4.78, 5) is 0. The lowest BCUT2D eigenvalue weighted by molar-refractivity contribution is 0.974. The number of benzene rings is 1. The van der Waals surface area contributed by atoms with Gasteiger partial charge in [-0.25, -0.2) is 0 Å². The fourth-order valence-electron chi connectivity index (χ4n) is 2.00. The van der Waals surface area contributed by atoms with E-state index in [1.165, 1.54) is 11.1 Å². The molecule has 0 spiro atoms. The van der Waals surface area contributed by atoms with Crippen molar-refractivity contribution < 1.29 is 0 Å². The quantitative estimate of drug-likeness (QED) is 0.664. The van der Waals surface area contributed by atoms with Crippen molar-refractivity contribution in [2.45, 2.75) is 19.3 Å². The Kier molecular flexibility index (Phi) is 2.69. The number of rotatable bonds is 2. The van der Waals surface area contributed by atoms with Crippen molar-refractivity contribution in [2.75, 3.05) is 0 Å². The van der Waals surface area contributed by atoms with Crippen LogP contribution < -0.4 is 0 Å². The molecule has 0 bridgehead atoms. The van der Waals surface area contributed by atoms with Gasteiger partial charge in [0.2, 0.25) is 0 Å². The first-order valence-corrected chi connectivity index (χ1v) is 5.18. The smallest absolute Gasteiger partial charge is 0.0994 e. The number of hydrogen-bond acceptors (Lipinski definition) is 1. The molecule has 0 amide bonds. The summed E-state index contributed by atoms with van der Waals surface area (Å²) >= 11 is 0. The van der Waals surface area contributed by atoms with Crippen molar-refractivity contribution >= 4 is 5.57 Å². The Morgan fingerprint density at radius 1 is 1.47 bits per heavy atom. The Bertz CT molecular complexity index is 461. The first-order chi connectivity index (χ1) is 7.35. The maximum absolute atomic E-state index is 8.98. The van der Waals surface area contributed by atoms with Crippen molar-refractivity contribution in [2.24, 2.45) is 0 Å². The van der Waals surface area contributed by atoms with Crippen LogP contribution in [0.2, 0.25) is 0 Å². The first-order valence-electron chi connectivity index (χ1n) is 5.18. The van der Waals surface area contributed by atoms with E-state index in [0.29, 0.717) is 0 Å². The summed E-state index contributed by atoms with van der Waals surface area (Å²) in [5.41, 5.74) is 4.51. The van der Waals surface area contributed by atoms with Crippen molar-refractivity contribution in [3.8, 4) is 6.07 Å². The Hall–Kier alpha value is -1.81. The van der Waals surface area contributed by atoms with Crippen LogP contribution in [0.3, 0.4) is 0 Å². The van der Waals surface area contributed by atoms with Crippen LogP contribution in [0, 0.1) is 11.3 Å². The Morgan fingerprint density at radius 2 is 2.33 bits per heavy atom. The molecule has 0 atom stereocenters. The third kappa shape index (κ3) is 1.85. The van der Waals surface area contributed by atoms with Crippen LogP contribution in [0.1, 0.15) is 23.1 Å². The molecule has 1 heteroatoms. The fraction of sp³-hybridized carbons (Fsp3) is 0.214. The zero-order chi connectivity index (χ0) is 10.7. The van der Waals surface area contributed by atoms with Gasteiger partial charge in [-0.05, 0) is 36.0 Å². The van der Waals surface area contributed by atoms with Gasteiger partial charge >= 0.3 is 0 Å². The van der Waals surface area contributed by atoms with Crippen molar-refractivity contribution in [3.63, 3.8) is 0 Å². The van der Waals surface area contributed by atoms with Crippen LogP contribution >= 0.6 is 0 Å². The van der Waals surface area contributed by atoms with E-state index in [1.54, 1.807) is 0 Å². The monoisotopic (exact) mass is 195 g/mol. The van der Waals surface area contributed by atoms with Crippen molar-refractivity contribution in [1.29, 1.82) is 5.26 Å². The van der Waals surface area contributed by atoms with Crippen LogP contribution in [0.5, 0.6) is 0 Å². The van der Waals surface area contributed by atoms with E-state index in [-0.39, 0.29) is 0 Å². The molecule has 0 aliphatic heterocycles. The lowest BCUT2D eigenvalue weighted by atomic mass is 9.89. The highest BCUT2D eigenvalue weighted by atomic mass is 14.3. The van der Waals surface area contributed by atoms with Gasteiger partial charge in [0.25, 0.3) is 0 Å². The van der Waals surface area contributed by atoms with Crippen LogP contribution in [0.15, 0.2) is 36.9 Å². The maximum atomic E-state index is 8.98. The zero-order valence-corrected chi connectivity index (χ0v) is 8.66. The number of nitriles is 1. The maximum Gasteiger partial charge on any atom is 0.0994 e. The Morgan fingerprint density at radius 3 is 3.07 bits per heavy atom. The molecule has 0 fully saturated rings. The van der Waals surface area contributed by atoms with Crippen molar-refractivity contribution in [1.82, 2.24) is 0 Å². The van der Waals surface area contributed by atoms with Gasteiger partial charge in [-0.3, -0.25) is 0 Å². The SMILES string of the molecule is C=CCc1ccc2c(c1)CCC=C2C#N. The summed E-state index contributed by atoms with van der Waals surface area (Å²) in [7, 11) is 0. The molecule has 0 radical (unpaired) electrons.